The van der Waals surface area contributed by atoms with E-state index in [0.29, 0.717) is 33.1 Å². The van der Waals surface area contributed by atoms with E-state index in [1.807, 2.05) is 43.3 Å². The zero-order chi connectivity index (χ0) is 24.9. The van der Waals surface area contributed by atoms with E-state index < -0.39 is 17.1 Å². The summed E-state index contributed by atoms with van der Waals surface area (Å²) in [5, 5.41) is 2.86. The van der Waals surface area contributed by atoms with Gasteiger partial charge in [0.15, 0.2) is 0 Å². The van der Waals surface area contributed by atoms with Crippen molar-refractivity contribution >= 4 is 68.1 Å². The number of carbonyl (C=O) groups excluding carboxylic acids is 3. The van der Waals surface area contributed by atoms with Gasteiger partial charge in [-0.25, -0.2) is 0 Å². The fraction of sp³-hybridized carbons (Fsp3) is 0.115. The van der Waals surface area contributed by atoms with Crippen LogP contribution in [0.2, 0.25) is 5.02 Å². The summed E-state index contributed by atoms with van der Waals surface area (Å²) >= 11 is 10.5. The fourth-order valence-corrected chi connectivity index (χ4v) is 4.89. The van der Waals surface area contributed by atoms with Crippen molar-refractivity contribution in [1.29, 1.82) is 0 Å². The van der Waals surface area contributed by atoms with Crippen LogP contribution in [0.4, 0.5) is 10.5 Å². The van der Waals surface area contributed by atoms with E-state index in [0.717, 1.165) is 27.8 Å². The fourth-order valence-electron chi connectivity index (χ4n) is 3.35. The third-order valence-electron chi connectivity index (χ3n) is 5.07. The molecular weight excluding hydrogens is 552 g/mol. The van der Waals surface area contributed by atoms with Gasteiger partial charge < -0.3 is 10.1 Å². The Bertz CT molecular complexity index is 1340. The van der Waals surface area contributed by atoms with Gasteiger partial charge in [0.2, 0.25) is 5.91 Å². The number of thioether (sulfide) groups is 1. The molecule has 0 bridgehead atoms. The van der Waals surface area contributed by atoms with Crippen LogP contribution in [0, 0.1) is 6.92 Å². The Morgan fingerprint density at radius 2 is 1.91 bits per heavy atom. The molecule has 4 rings (SSSR count). The van der Waals surface area contributed by atoms with Crippen LogP contribution in [-0.4, -0.2) is 28.5 Å². The first-order valence-electron chi connectivity index (χ1n) is 10.6. The van der Waals surface area contributed by atoms with Gasteiger partial charge in [-0.15, -0.1) is 0 Å². The van der Waals surface area contributed by atoms with Crippen molar-refractivity contribution < 1.29 is 19.1 Å². The van der Waals surface area contributed by atoms with Crippen molar-refractivity contribution in [2.45, 2.75) is 13.5 Å². The van der Waals surface area contributed by atoms with Gasteiger partial charge >= 0.3 is 0 Å². The minimum Gasteiger partial charge on any atom is -0.488 e. The van der Waals surface area contributed by atoms with E-state index in [1.54, 1.807) is 36.4 Å². The number of hydrogen-bond donors (Lipinski definition) is 1. The number of halogens is 2. The molecule has 3 amide bonds. The molecule has 6 nitrogen and oxygen atoms in total. The number of rotatable bonds is 7. The minimum atomic E-state index is -0.505. The number of amides is 3. The van der Waals surface area contributed by atoms with Gasteiger partial charge in [0.1, 0.15) is 18.9 Å². The molecule has 0 atom stereocenters. The zero-order valence-electron chi connectivity index (χ0n) is 18.6. The summed E-state index contributed by atoms with van der Waals surface area (Å²) in [5.41, 5.74) is 3.17. The van der Waals surface area contributed by atoms with Crippen molar-refractivity contribution in [3.05, 3.63) is 97.8 Å². The highest BCUT2D eigenvalue weighted by Crippen LogP contribution is 2.34. The first-order valence-corrected chi connectivity index (χ1v) is 12.6. The quantitative estimate of drug-likeness (QED) is 0.321. The van der Waals surface area contributed by atoms with Crippen molar-refractivity contribution in [2.24, 2.45) is 0 Å². The van der Waals surface area contributed by atoms with Crippen molar-refractivity contribution in [3.8, 4) is 5.75 Å². The molecule has 1 saturated heterocycles. The Kier molecular flexibility index (Phi) is 7.95. The molecule has 9 heteroatoms. The Labute approximate surface area is 220 Å². The number of ether oxygens (including phenoxy) is 1. The second-order valence-corrected chi connectivity index (χ2v) is 10.0. The Morgan fingerprint density at radius 1 is 1.11 bits per heavy atom. The largest absolute Gasteiger partial charge is 0.488 e. The number of hydrogen-bond acceptors (Lipinski definition) is 5. The number of anilines is 1. The Hall–Kier alpha value is -3.07. The van der Waals surface area contributed by atoms with Gasteiger partial charge in [-0.3, -0.25) is 19.3 Å². The molecule has 1 aliphatic heterocycles. The molecule has 0 spiro atoms. The molecule has 0 aromatic heterocycles. The highest BCUT2D eigenvalue weighted by molar-refractivity contribution is 9.10. The van der Waals surface area contributed by atoms with Crippen LogP contribution < -0.4 is 10.1 Å². The van der Waals surface area contributed by atoms with Crippen LogP contribution in [0.1, 0.15) is 16.7 Å². The first kappa shape index (κ1) is 25.0. The summed E-state index contributed by atoms with van der Waals surface area (Å²) in [6.07, 6.45) is 1.62. The first-order chi connectivity index (χ1) is 16.8. The van der Waals surface area contributed by atoms with Crippen LogP contribution >= 0.6 is 39.3 Å². The molecule has 1 aliphatic rings. The maximum atomic E-state index is 12.8. The lowest BCUT2D eigenvalue weighted by atomic mass is 10.2. The standard InChI is InChI=1S/C26H20BrClN2O4S/c1-16-5-4-7-19(11-16)29-24(31)14-30-25(32)23(35-26(30)33)13-17-9-10-22(20(27)12-17)34-15-18-6-2-3-8-21(18)28/h2-13H,14-15H2,1H3,(H,29,31)/b23-13+. The third kappa shape index (κ3) is 6.33. The van der Waals surface area contributed by atoms with E-state index in [9.17, 15) is 14.4 Å². The van der Waals surface area contributed by atoms with Gasteiger partial charge in [-0.05, 0) is 82.2 Å². The lowest BCUT2D eigenvalue weighted by Crippen LogP contribution is -2.36. The smallest absolute Gasteiger partial charge is 0.294 e. The van der Waals surface area contributed by atoms with E-state index >= 15 is 0 Å². The topological polar surface area (TPSA) is 75.7 Å². The second kappa shape index (κ2) is 11.1. The molecule has 3 aromatic carbocycles. The average molecular weight is 572 g/mol. The number of imide groups is 1. The zero-order valence-corrected chi connectivity index (χ0v) is 21.7. The third-order valence-corrected chi connectivity index (χ3v) is 6.97. The molecule has 35 heavy (non-hydrogen) atoms. The predicted octanol–water partition coefficient (Wildman–Crippen LogP) is 6.66. The van der Waals surface area contributed by atoms with Crippen LogP contribution in [-0.2, 0) is 16.2 Å². The lowest BCUT2D eigenvalue weighted by Gasteiger charge is -2.12. The summed E-state index contributed by atoms with van der Waals surface area (Å²) in [5.74, 6) is -0.334. The molecule has 1 heterocycles. The van der Waals surface area contributed by atoms with Gasteiger partial charge in [-0.2, -0.15) is 0 Å². The predicted molar refractivity (Wildman–Crippen MR) is 142 cm³/mol. The van der Waals surface area contributed by atoms with Gasteiger partial charge in [0.05, 0.1) is 9.38 Å². The maximum Gasteiger partial charge on any atom is 0.294 e. The van der Waals surface area contributed by atoms with Crippen molar-refractivity contribution in [3.63, 3.8) is 0 Å². The average Bonchev–Trinajstić information content (AvgIpc) is 3.07. The van der Waals surface area contributed by atoms with Crippen LogP contribution in [0.15, 0.2) is 76.1 Å². The molecule has 1 N–H and O–H groups in total. The van der Waals surface area contributed by atoms with Crippen molar-refractivity contribution in [2.75, 3.05) is 11.9 Å². The number of aryl methyl sites for hydroxylation is 1. The molecule has 1 fully saturated rings. The molecule has 0 unspecified atom stereocenters. The lowest BCUT2D eigenvalue weighted by molar-refractivity contribution is -0.127. The highest BCUT2D eigenvalue weighted by atomic mass is 79.9. The highest BCUT2D eigenvalue weighted by Gasteiger charge is 2.36. The van der Waals surface area contributed by atoms with Crippen molar-refractivity contribution in [1.82, 2.24) is 4.90 Å². The monoisotopic (exact) mass is 570 g/mol. The number of benzene rings is 3. The summed E-state index contributed by atoms with van der Waals surface area (Å²) in [4.78, 5) is 38.8. The molecule has 0 radical (unpaired) electrons. The van der Waals surface area contributed by atoms with Gasteiger partial charge in [0, 0.05) is 16.3 Å². The number of nitrogens with one attached hydrogen (secondary N) is 1. The Morgan fingerprint density at radius 3 is 2.66 bits per heavy atom. The summed E-state index contributed by atoms with van der Waals surface area (Å²) < 4.78 is 6.54. The van der Waals surface area contributed by atoms with E-state index in [2.05, 4.69) is 21.2 Å². The second-order valence-electron chi connectivity index (χ2n) is 7.76. The Balaban J connectivity index is 1.40. The SMILES string of the molecule is Cc1cccc(NC(=O)CN2C(=O)S/C(=C/c3ccc(OCc4ccccc4Cl)c(Br)c3)C2=O)c1. The number of carbonyl (C=O) groups is 3. The van der Waals surface area contributed by atoms with E-state index in [4.69, 9.17) is 16.3 Å². The maximum absolute atomic E-state index is 12.8. The van der Waals surface area contributed by atoms with Crippen LogP contribution in [0.3, 0.4) is 0 Å². The van der Waals surface area contributed by atoms with Crippen LogP contribution in [0.25, 0.3) is 6.08 Å². The molecular formula is C26H20BrClN2O4S. The van der Waals surface area contributed by atoms with Gasteiger partial charge in [0.25, 0.3) is 11.1 Å². The normalized spacial score (nSPS) is 14.5. The number of nitrogens with zero attached hydrogens (tertiary/aromatic N) is 1. The van der Waals surface area contributed by atoms with Gasteiger partial charge in [-0.1, -0.05) is 48.0 Å². The minimum absolute atomic E-state index is 0.245. The summed E-state index contributed by atoms with van der Waals surface area (Å²) in [6.45, 7) is 1.86. The summed E-state index contributed by atoms with van der Waals surface area (Å²) in [7, 11) is 0. The molecule has 178 valence electrons. The van der Waals surface area contributed by atoms with E-state index in [1.165, 1.54) is 0 Å². The van der Waals surface area contributed by atoms with E-state index in [-0.39, 0.29) is 11.4 Å². The molecule has 0 aliphatic carbocycles. The van der Waals surface area contributed by atoms with Crippen LogP contribution in [0.5, 0.6) is 5.75 Å². The molecule has 0 saturated carbocycles. The molecule has 3 aromatic rings. The summed E-state index contributed by atoms with van der Waals surface area (Å²) in [6, 6.07) is 20.1.